The third-order valence-corrected chi connectivity index (χ3v) is 5.83. The number of ether oxygens (including phenoxy) is 1. The van der Waals surface area contributed by atoms with Crippen molar-refractivity contribution < 1.29 is 22.8 Å². The summed E-state index contributed by atoms with van der Waals surface area (Å²) in [5.74, 6) is -2.37. The van der Waals surface area contributed by atoms with E-state index in [1.165, 1.54) is 17.1 Å². The first-order valence-electron chi connectivity index (χ1n) is 10.2. The van der Waals surface area contributed by atoms with Crippen molar-refractivity contribution >= 4 is 5.91 Å². The molecule has 2 aromatic rings. The fourth-order valence-electron chi connectivity index (χ4n) is 4.20. The van der Waals surface area contributed by atoms with Crippen molar-refractivity contribution in [2.75, 3.05) is 13.1 Å². The topological polar surface area (TPSA) is 120 Å². The Labute approximate surface area is 183 Å². The maximum absolute atomic E-state index is 13.1. The summed E-state index contributed by atoms with van der Waals surface area (Å²) in [5.41, 5.74) is 14.3. The number of hydrogen-bond donors (Lipinski definition) is 2. The van der Waals surface area contributed by atoms with Gasteiger partial charge in [-0.05, 0) is 38.1 Å². The average Bonchev–Trinajstić information content (AvgIpc) is 3.07. The molecular formula is C22H25F2N5O3. The highest BCUT2D eigenvalue weighted by Crippen LogP contribution is 2.56. The number of pyridine rings is 1. The number of nitrogens with zero attached hydrogens (tertiary/aromatic N) is 3. The predicted molar refractivity (Wildman–Crippen MR) is 112 cm³/mol. The lowest BCUT2D eigenvalue weighted by atomic mass is 9.61. The molecule has 8 nitrogen and oxygen atoms in total. The Bertz CT molecular complexity index is 1080. The van der Waals surface area contributed by atoms with E-state index in [-0.39, 0.29) is 31.0 Å². The van der Waals surface area contributed by atoms with E-state index in [4.69, 9.17) is 20.7 Å². The zero-order valence-corrected chi connectivity index (χ0v) is 17.9. The fraction of sp³-hybridized carbons (Fsp3) is 0.409. The van der Waals surface area contributed by atoms with Gasteiger partial charge in [0.25, 0.3) is 5.91 Å². The molecule has 2 fully saturated rings. The van der Waals surface area contributed by atoms with Gasteiger partial charge in [0.1, 0.15) is 18.1 Å². The number of alkyl halides is 2. The molecule has 1 amide bonds. The van der Waals surface area contributed by atoms with Gasteiger partial charge in [0.2, 0.25) is 5.92 Å². The smallest absolute Gasteiger partial charge is 0.269 e. The largest absolute Gasteiger partial charge is 0.474 e. The minimum absolute atomic E-state index is 0.0370. The van der Waals surface area contributed by atoms with Crippen molar-refractivity contribution in [2.24, 2.45) is 16.9 Å². The molecule has 0 unspecified atom stereocenters. The summed E-state index contributed by atoms with van der Waals surface area (Å²) in [5, 5.41) is 4.07. The quantitative estimate of drug-likeness (QED) is 0.398. The van der Waals surface area contributed by atoms with E-state index in [2.05, 4.69) is 10.1 Å². The standard InChI is InChI=1S/C22H25F2N5O3/c1-13-3-4-15(7-27-13)19-16(14(2)32-28-19)8-31-18(26)6-5-17(25)20(30)29-11-21(12-29)9-22(23,24)10-21/h3-7H,8-12,25-26H2,1-2H3/b17-5-,18-6+. The van der Waals surface area contributed by atoms with Crippen molar-refractivity contribution in [3.63, 3.8) is 0 Å². The molecule has 0 atom stereocenters. The molecule has 1 aliphatic heterocycles. The number of carbonyl (C=O) groups excluding carboxylic acids is 1. The van der Waals surface area contributed by atoms with Crippen molar-refractivity contribution in [1.82, 2.24) is 15.0 Å². The fourth-order valence-corrected chi connectivity index (χ4v) is 4.20. The molecule has 32 heavy (non-hydrogen) atoms. The number of likely N-dealkylation sites (tertiary alicyclic amines) is 1. The van der Waals surface area contributed by atoms with Crippen LogP contribution in [0.4, 0.5) is 8.78 Å². The Morgan fingerprint density at radius 1 is 1.25 bits per heavy atom. The van der Waals surface area contributed by atoms with Gasteiger partial charge in [-0.1, -0.05) is 5.16 Å². The summed E-state index contributed by atoms with van der Waals surface area (Å²) < 4.78 is 37.1. The van der Waals surface area contributed by atoms with Crippen LogP contribution in [0.1, 0.15) is 29.9 Å². The lowest BCUT2D eigenvalue weighted by Crippen LogP contribution is -2.67. The SMILES string of the molecule is Cc1ccc(-c2noc(C)c2CO/C(N)=C/C=C(\N)C(=O)N2CC3(C2)CC(F)(F)C3)cn1. The van der Waals surface area contributed by atoms with Gasteiger partial charge < -0.3 is 25.6 Å². The number of nitrogens with two attached hydrogens (primary N) is 2. The third kappa shape index (κ3) is 4.30. The van der Waals surface area contributed by atoms with Crippen molar-refractivity contribution in [3.05, 3.63) is 59.1 Å². The minimum Gasteiger partial charge on any atom is -0.474 e. The highest BCUT2D eigenvalue weighted by atomic mass is 19.3. The summed E-state index contributed by atoms with van der Waals surface area (Å²) in [6, 6.07) is 3.77. The van der Waals surface area contributed by atoms with Gasteiger partial charge in [-0.15, -0.1) is 0 Å². The van der Waals surface area contributed by atoms with Gasteiger partial charge in [-0.2, -0.15) is 0 Å². The average molecular weight is 445 g/mol. The highest BCUT2D eigenvalue weighted by Gasteiger charge is 2.62. The second-order valence-electron chi connectivity index (χ2n) is 8.60. The van der Waals surface area contributed by atoms with E-state index < -0.39 is 17.2 Å². The number of hydrogen-bond acceptors (Lipinski definition) is 7. The molecule has 2 aliphatic rings. The van der Waals surface area contributed by atoms with Crippen LogP contribution < -0.4 is 11.5 Å². The maximum Gasteiger partial charge on any atom is 0.269 e. The van der Waals surface area contributed by atoms with Gasteiger partial charge in [0.15, 0.2) is 5.88 Å². The molecule has 0 radical (unpaired) electrons. The van der Waals surface area contributed by atoms with Crippen LogP contribution in [0, 0.1) is 19.3 Å². The van der Waals surface area contributed by atoms with Crippen molar-refractivity contribution in [3.8, 4) is 11.3 Å². The number of aryl methyl sites for hydroxylation is 2. The van der Waals surface area contributed by atoms with E-state index in [0.29, 0.717) is 24.5 Å². The number of carbonyl (C=O) groups is 1. The van der Waals surface area contributed by atoms with Gasteiger partial charge in [0.05, 0.1) is 11.3 Å². The monoisotopic (exact) mass is 445 g/mol. The predicted octanol–water partition coefficient (Wildman–Crippen LogP) is 2.77. The molecule has 2 aromatic heterocycles. The lowest BCUT2D eigenvalue weighted by molar-refractivity contribution is -0.213. The molecule has 1 aliphatic carbocycles. The van der Waals surface area contributed by atoms with Gasteiger partial charge in [0, 0.05) is 48.8 Å². The van der Waals surface area contributed by atoms with Crippen LogP contribution in [0.25, 0.3) is 11.3 Å². The molecule has 1 spiro atoms. The number of allylic oxidation sites excluding steroid dienone is 2. The number of rotatable bonds is 6. The first-order valence-corrected chi connectivity index (χ1v) is 10.2. The Hall–Kier alpha value is -3.43. The van der Waals surface area contributed by atoms with E-state index >= 15 is 0 Å². The van der Waals surface area contributed by atoms with Crippen LogP contribution >= 0.6 is 0 Å². The Kier molecular flexibility index (Phi) is 5.39. The molecule has 10 heteroatoms. The third-order valence-electron chi connectivity index (χ3n) is 5.83. The minimum atomic E-state index is -2.61. The van der Waals surface area contributed by atoms with Gasteiger partial charge in [-0.25, -0.2) is 8.78 Å². The Morgan fingerprint density at radius 3 is 2.59 bits per heavy atom. The zero-order valence-electron chi connectivity index (χ0n) is 17.9. The van der Waals surface area contributed by atoms with Crippen LogP contribution in [0.2, 0.25) is 0 Å². The van der Waals surface area contributed by atoms with Crippen LogP contribution in [0.3, 0.4) is 0 Å². The molecule has 0 aromatic carbocycles. The van der Waals surface area contributed by atoms with Crippen LogP contribution in [0.15, 0.2) is 46.6 Å². The van der Waals surface area contributed by atoms with Crippen molar-refractivity contribution in [1.29, 1.82) is 0 Å². The van der Waals surface area contributed by atoms with Crippen molar-refractivity contribution in [2.45, 2.75) is 39.2 Å². The number of amides is 1. The summed E-state index contributed by atoms with van der Waals surface area (Å²) in [4.78, 5) is 18.1. The van der Waals surface area contributed by atoms with E-state index in [9.17, 15) is 13.6 Å². The van der Waals surface area contributed by atoms with Crippen LogP contribution in [-0.2, 0) is 16.1 Å². The first-order chi connectivity index (χ1) is 15.1. The molecule has 1 saturated heterocycles. The maximum atomic E-state index is 13.1. The molecule has 0 bridgehead atoms. The zero-order chi connectivity index (χ0) is 23.1. The summed E-state index contributed by atoms with van der Waals surface area (Å²) in [6.45, 7) is 4.36. The summed E-state index contributed by atoms with van der Waals surface area (Å²) in [7, 11) is 0. The molecule has 3 heterocycles. The van der Waals surface area contributed by atoms with Crippen LogP contribution in [-0.4, -0.2) is 40.0 Å². The summed E-state index contributed by atoms with van der Waals surface area (Å²) >= 11 is 0. The lowest BCUT2D eigenvalue weighted by Gasteiger charge is -2.58. The number of aromatic nitrogens is 2. The van der Waals surface area contributed by atoms with E-state index in [1.807, 2.05) is 19.1 Å². The molecule has 4 N–H and O–H groups in total. The molecule has 170 valence electrons. The van der Waals surface area contributed by atoms with E-state index in [1.54, 1.807) is 13.1 Å². The summed E-state index contributed by atoms with van der Waals surface area (Å²) in [6.07, 6.45) is 4.10. The normalized spacial score (nSPS) is 19.4. The Balaban J connectivity index is 1.34. The van der Waals surface area contributed by atoms with Gasteiger partial charge in [-0.3, -0.25) is 9.78 Å². The Morgan fingerprint density at radius 2 is 1.97 bits per heavy atom. The molecule has 4 rings (SSSR count). The molecule has 1 saturated carbocycles. The van der Waals surface area contributed by atoms with Gasteiger partial charge >= 0.3 is 0 Å². The van der Waals surface area contributed by atoms with E-state index in [0.717, 1.165) is 16.8 Å². The first kappa shape index (κ1) is 21.8. The molecular weight excluding hydrogens is 420 g/mol. The second kappa shape index (κ2) is 7.92. The number of halogens is 2. The van der Waals surface area contributed by atoms with Crippen LogP contribution in [0.5, 0.6) is 0 Å². The second-order valence-corrected chi connectivity index (χ2v) is 8.60. The highest BCUT2D eigenvalue weighted by molar-refractivity contribution is 5.93.